The summed E-state index contributed by atoms with van der Waals surface area (Å²) in [5.41, 5.74) is 6.70. The van der Waals surface area contributed by atoms with Crippen LogP contribution in [0, 0.1) is 17.7 Å². The Morgan fingerprint density at radius 1 is 1.27 bits per heavy atom. The molecule has 0 aliphatic carbocycles. The van der Waals surface area contributed by atoms with Crippen molar-refractivity contribution >= 4 is 17.6 Å². The van der Waals surface area contributed by atoms with Gasteiger partial charge in [0, 0.05) is 44.5 Å². The molecule has 2 aromatic rings. The number of nitrogens with two attached hydrogens (primary N) is 1. The molecular weight excluding hydrogens is 337 g/mol. The number of hydrogen-bond acceptors (Lipinski definition) is 4. The van der Waals surface area contributed by atoms with Crippen molar-refractivity contribution in [2.24, 2.45) is 11.8 Å². The van der Waals surface area contributed by atoms with E-state index in [-0.39, 0.29) is 41.3 Å². The van der Waals surface area contributed by atoms with E-state index in [2.05, 4.69) is 10.2 Å². The van der Waals surface area contributed by atoms with Crippen molar-refractivity contribution in [2.45, 2.75) is 13.0 Å². The lowest BCUT2D eigenvalue weighted by Crippen LogP contribution is -2.36. The van der Waals surface area contributed by atoms with E-state index in [4.69, 9.17) is 5.73 Å². The van der Waals surface area contributed by atoms with Gasteiger partial charge in [-0.05, 0) is 17.7 Å². The van der Waals surface area contributed by atoms with E-state index in [1.54, 1.807) is 15.9 Å². The van der Waals surface area contributed by atoms with Crippen LogP contribution < -0.4 is 5.73 Å². The highest BCUT2D eigenvalue weighted by molar-refractivity contribution is 5.93. The van der Waals surface area contributed by atoms with E-state index in [1.165, 1.54) is 25.1 Å². The van der Waals surface area contributed by atoms with Crippen molar-refractivity contribution in [3.8, 4) is 0 Å². The highest BCUT2D eigenvalue weighted by Crippen LogP contribution is 2.45. The lowest BCUT2D eigenvalue weighted by molar-refractivity contribution is -0.130. The molecule has 4 rings (SSSR count). The molecule has 2 fully saturated rings. The number of nitrogen functional groups attached to an aromatic ring is 1. The lowest BCUT2D eigenvalue weighted by Gasteiger charge is -2.29. The summed E-state index contributed by atoms with van der Waals surface area (Å²) < 4.78 is 13.7. The predicted octanol–water partition coefficient (Wildman–Crippen LogP) is 1.42. The van der Waals surface area contributed by atoms with Gasteiger partial charge in [0.1, 0.15) is 17.3 Å². The monoisotopic (exact) mass is 357 g/mol. The number of aromatic nitrogens is 2. The maximum Gasteiger partial charge on any atom is 0.271 e. The number of carbonyl (C=O) groups is 2. The Kier molecular flexibility index (Phi) is 3.90. The summed E-state index contributed by atoms with van der Waals surface area (Å²) in [7, 11) is 0. The van der Waals surface area contributed by atoms with Crippen molar-refractivity contribution in [1.29, 1.82) is 0 Å². The summed E-state index contributed by atoms with van der Waals surface area (Å²) in [5, 5.41) is 6.44. The zero-order chi connectivity index (χ0) is 18.4. The average Bonchev–Trinajstić information content (AvgIpc) is 3.27. The minimum Gasteiger partial charge on any atom is -0.382 e. The van der Waals surface area contributed by atoms with E-state index in [0.29, 0.717) is 25.3 Å². The van der Waals surface area contributed by atoms with Gasteiger partial charge in [-0.15, -0.1) is 0 Å². The smallest absolute Gasteiger partial charge is 0.271 e. The molecule has 2 saturated heterocycles. The van der Waals surface area contributed by atoms with E-state index in [9.17, 15) is 14.0 Å². The quantitative estimate of drug-likeness (QED) is 0.850. The van der Waals surface area contributed by atoms with Gasteiger partial charge in [-0.3, -0.25) is 14.7 Å². The predicted molar refractivity (Wildman–Crippen MR) is 92.4 cm³/mol. The number of amides is 2. The van der Waals surface area contributed by atoms with Crippen molar-refractivity contribution in [3.05, 3.63) is 47.4 Å². The number of benzene rings is 1. The fourth-order valence-corrected chi connectivity index (χ4v) is 4.27. The number of hydrogen-bond donors (Lipinski definition) is 2. The van der Waals surface area contributed by atoms with Crippen LogP contribution in [0.5, 0.6) is 0 Å². The van der Waals surface area contributed by atoms with Gasteiger partial charge in [-0.25, -0.2) is 4.39 Å². The van der Waals surface area contributed by atoms with Gasteiger partial charge >= 0.3 is 0 Å². The number of rotatable bonds is 2. The Labute approximate surface area is 150 Å². The highest BCUT2D eigenvalue weighted by atomic mass is 19.1. The number of aromatic amines is 1. The summed E-state index contributed by atoms with van der Waals surface area (Å²) in [6.45, 7) is 3.16. The van der Waals surface area contributed by atoms with Gasteiger partial charge in [0.15, 0.2) is 0 Å². The standard InChI is InChI=1S/C18H20FN5O2/c1-10(25)24-8-12-7-23(18(26)15-6-16(20)22-21-15)9-14(12)17(24)11-3-2-4-13(19)5-11/h2-6,12,14,17H,7-9H2,1H3,(H3,20,21,22)/t12-,14-,17+/m1/s1. The molecule has 3 N–H and O–H groups in total. The second-order valence-electron chi connectivity index (χ2n) is 7.01. The topological polar surface area (TPSA) is 95.3 Å². The number of carbonyl (C=O) groups excluding carboxylic acids is 2. The first-order valence-corrected chi connectivity index (χ1v) is 8.57. The number of halogens is 1. The Hall–Kier alpha value is -2.90. The maximum atomic E-state index is 13.7. The van der Waals surface area contributed by atoms with Gasteiger partial charge in [0.25, 0.3) is 5.91 Å². The Morgan fingerprint density at radius 3 is 2.73 bits per heavy atom. The third kappa shape index (κ3) is 2.71. The third-order valence-electron chi connectivity index (χ3n) is 5.37. The second-order valence-corrected chi connectivity index (χ2v) is 7.01. The molecule has 3 heterocycles. The molecule has 8 heteroatoms. The van der Waals surface area contributed by atoms with Crippen molar-refractivity contribution in [2.75, 3.05) is 25.4 Å². The largest absolute Gasteiger partial charge is 0.382 e. The van der Waals surface area contributed by atoms with Gasteiger partial charge in [-0.2, -0.15) is 5.10 Å². The normalized spacial score (nSPS) is 24.8. The van der Waals surface area contributed by atoms with Crippen LogP contribution in [0.25, 0.3) is 0 Å². The molecule has 26 heavy (non-hydrogen) atoms. The van der Waals surface area contributed by atoms with Crippen LogP contribution in [-0.2, 0) is 4.79 Å². The fourth-order valence-electron chi connectivity index (χ4n) is 4.27. The summed E-state index contributed by atoms with van der Waals surface area (Å²) in [6, 6.07) is 7.65. The number of nitrogens with zero attached hydrogens (tertiary/aromatic N) is 3. The molecule has 3 atom stereocenters. The SMILES string of the molecule is CC(=O)N1C[C@H]2CN(C(=O)c3cc(N)n[nH]3)C[C@H]2[C@@H]1c1cccc(F)c1. The molecule has 1 aromatic heterocycles. The van der Waals surface area contributed by atoms with Crippen LogP contribution in [0.3, 0.4) is 0 Å². The number of fused-ring (bicyclic) bond motifs is 1. The van der Waals surface area contributed by atoms with Gasteiger partial charge in [0.2, 0.25) is 5.91 Å². The first-order chi connectivity index (χ1) is 12.4. The number of anilines is 1. The first kappa shape index (κ1) is 16.6. The molecule has 2 aliphatic rings. The summed E-state index contributed by atoms with van der Waals surface area (Å²) >= 11 is 0. The molecule has 0 saturated carbocycles. The fraction of sp³-hybridized carbons (Fsp3) is 0.389. The van der Waals surface area contributed by atoms with E-state index < -0.39 is 0 Å². The average molecular weight is 357 g/mol. The van der Waals surface area contributed by atoms with E-state index in [1.807, 2.05) is 6.07 Å². The first-order valence-electron chi connectivity index (χ1n) is 8.57. The van der Waals surface area contributed by atoms with Crippen LogP contribution in [0.4, 0.5) is 10.2 Å². The number of H-pyrrole nitrogens is 1. The van der Waals surface area contributed by atoms with Crippen LogP contribution in [0.1, 0.15) is 29.0 Å². The zero-order valence-corrected chi connectivity index (χ0v) is 14.4. The molecule has 0 unspecified atom stereocenters. The molecule has 0 radical (unpaired) electrons. The minimum absolute atomic E-state index is 0.0344. The second kappa shape index (κ2) is 6.12. The molecule has 7 nitrogen and oxygen atoms in total. The van der Waals surface area contributed by atoms with Crippen LogP contribution >= 0.6 is 0 Å². The van der Waals surface area contributed by atoms with Crippen molar-refractivity contribution in [1.82, 2.24) is 20.0 Å². The molecule has 2 amide bonds. The van der Waals surface area contributed by atoms with Gasteiger partial charge in [0.05, 0.1) is 6.04 Å². The number of nitrogens with one attached hydrogen (secondary N) is 1. The molecule has 136 valence electrons. The van der Waals surface area contributed by atoms with E-state index >= 15 is 0 Å². The molecule has 0 bridgehead atoms. The highest BCUT2D eigenvalue weighted by Gasteiger charge is 2.49. The Bertz CT molecular complexity index is 867. The van der Waals surface area contributed by atoms with Gasteiger partial charge in [-0.1, -0.05) is 12.1 Å². The molecule has 2 aliphatic heterocycles. The molecular formula is C18H20FN5O2. The third-order valence-corrected chi connectivity index (χ3v) is 5.37. The minimum atomic E-state index is -0.326. The summed E-state index contributed by atoms with van der Waals surface area (Å²) in [6.07, 6.45) is 0. The Morgan fingerprint density at radius 2 is 2.08 bits per heavy atom. The van der Waals surface area contributed by atoms with Crippen LogP contribution in [0.2, 0.25) is 0 Å². The summed E-state index contributed by atoms with van der Waals surface area (Å²) in [5.74, 6) is -0.00778. The lowest BCUT2D eigenvalue weighted by atomic mass is 9.89. The Balaban J connectivity index is 1.60. The van der Waals surface area contributed by atoms with Crippen LogP contribution in [0.15, 0.2) is 30.3 Å². The van der Waals surface area contributed by atoms with Gasteiger partial charge < -0.3 is 15.5 Å². The molecule has 1 aromatic carbocycles. The molecule has 0 spiro atoms. The van der Waals surface area contributed by atoms with Crippen LogP contribution in [-0.4, -0.2) is 51.4 Å². The van der Waals surface area contributed by atoms with Crippen molar-refractivity contribution < 1.29 is 14.0 Å². The maximum absolute atomic E-state index is 13.7. The van der Waals surface area contributed by atoms with Crippen molar-refractivity contribution in [3.63, 3.8) is 0 Å². The number of likely N-dealkylation sites (tertiary alicyclic amines) is 2. The summed E-state index contributed by atoms with van der Waals surface area (Å²) in [4.78, 5) is 28.3. The zero-order valence-electron chi connectivity index (χ0n) is 14.4. The van der Waals surface area contributed by atoms with E-state index in [0.717, 1.165) is 5.56 Å².